The van der Waals surface area contributed by atoms with E-state index in [1.54, 1.807) is 0 Å². The Morgan fingerprint density at radius 3 is 2.92 bits per heavy atom. The zero-order valence-electron chi connectivity index (χ0n) is 8.34. The van der Waals surface area contributed by atoms with Crippen LogP contribution < -0.4 is 5.32 Å². The maximum atomic E-state index is 11.4. The van der Waals surface area contributed by atoms with E-state index in [1.807, 2.05) is 6.92 Å². The third-order valence-electron chi connectivity index (χ3n) is 2.38. The van der Waals surface area contributed by atoms with E-state index in [1.165, 1.54) is 19.3 Å². The molecule has 0 saturated carbocycles. The summed E-state index contributed by atoms with van der Waals surface area (Å²) in [6.45, 7) is 3.28. The lowest BCUT2D eigenvalue weighted by Gasteiger charge is -2.19. The van der Waals surface area contributed by atoms with Crippen LogP contribution in [0.3, 0.4) is 0 Å². The van der Waals surface area contributed by atoms with Crippen LogP contribution in [0.2, 0.25) is 0 Å². The molecule has 0 bridgehead atoms. The summed E-state index contributed by atoms with van der Waals surface area (Å²) < 4.78 is 4.98. The van der Waals surface area contributed by atoms with Gasteiger partial charge in [-0.3, -0.25) is 4.79 Å². The maximum Gasteiger partial charge on any atom is 0.323 e. The molecule has 1 aliphatic heterocycles. The first-order chi connectivity index (χ1) is 6.34. The lowest BCUT2D eigenvalue weighted by atomic mass is 10.0. The van der Waals surface area contributed by atoms with Crippen molar-refractivity contribution < 1.29 is 9.53 Å². The Balaban J connectivity index is 2.32. The molecule has 13 heavy (non-hydrogen) atoms. The van der Waals surface area contributed by atoms with E-state index >= 15 is 0 Å². The summed E-state index contributed by atoms with van der Waals surface area (Å²) in [6.07, 6.45) is 5.77. The summed E-state index contributed by atoms with van der Waals surface area (Å²) in [5, 5.41) is 3.23. The lowest BCUT2D eigenvalue weighted by Crippen LogP contribution is -2.39. The van der Waals surface area contributed by atoms with E-state index < -0.39 is 0 Å². The van der Waals surface area contributed by atoms with Crippen molar-refractivity contribution in [1.82, 2.24) is 5.32 Å². The van der Waals surface area contributed by atoms with E-state index in [4.69, 9.17) is 4.74 Å². The predicted octanol–water partition coefficient (Wildman–Crippen LogP) is 1.47. The molecule has 0 radical (unpaired) electrons. The third-order valence-corrected chi connectivity index (χ3v) is 2.38. The molecule has 1 atom stereocenters. The minimum atomic E-state index is -0.0793. The van der Waals surface area contributed by atoms with E-state index in [0.29, 0.717) is 6.61 Å². The lowest BCUT2D eigenvalue weighted by molar-refractivity contribution is -0.145. The highest BCUT2D eigenvalue weighted by atomic mass is 16.5. The number of rotatable bonds is 2. The van der Waals surface area contributed by atoms with Crippen LogP contribution in [-0.4, -0.2) is 25.2 Å². The summed E-state index contributed by atoms with van der Waals surface area (Å²) in [7, 11) is 0. The van der Waals surface area contributed by atoms with Gasteiger partial charge >= 0.3 is 5.97 Å². The van der Waals surface area contributed by atoms with Crippen molar-refractivity contribution >= 4 is 5.97 Å². The molecular formula is C10H19NO2. The minimum absolute atomic E-state index is 0.0553. The first-order valence-electron chi connectivity index (χ1n) is 5.24. The van der Waals surface area contributed by atoms with Crippen LogP contribution in [0.5, 0.6) is 0 Å². The molecule has 0 aromatic rings. The quantitative estimate of drug-likeness (QED) is 0.662. The van der Waals surface area contributed by atoms with E-state index in [2.05, 4.69) is 5.32 Å². The molecule has 76 valence electrons. The van der Waals surface area contributed by atoms with Gasteiger partial charge in [0.1, 0.15) is 6.04 Å². The Kier molecular flexibility index (Phi) is 4.83. The number of ether oxygens (including phenoxy) is 1. The molecule has 1 N–H and O–H groups in total. The van der Waals surface area contributed by atoms with Gasteiger partial charge in [0.05, 0.1) is 6.61 Å². The summed E-state index contributed by atoms with van der Waals surface area (Å²) in [4.78, 5) is 11.4. The highest BCUT2D eigenvalue weighted by molar-refractivity contribution is 5.75. The van der Waals surface area contributed by atoms with Crippen LogP contribution >= 0.6 is 0 Å². The van der Waals surface area contributed by atoms with E-state index in [-0.39, 0.29) is 12.0 Å². The highest BCUT2D eigenvalue weighted by Gasteiger charge is 2.19. The Bertz CT molecular complexity index is 151. The number of nitrogens with one attached hydrogen (secondary N) is 1. The fourth-order valence-corrected chi connectivity index (χ4v) is 1.65. The SMILES string of the molecule is CCOC(=O)C1CCCCCCN1. The molecule has 0 spiro atoms. The average Bonchev–Trinajstić information content (AvgIpc) is 2.03. The predicted molar refractivity (Wildman–Crippen MR) is 51.5 cm³/mol. The van der Waals surface area contributed by atoms with Gasteiger partial charge in [-0.2, -0.15) is 0 Å². The number of carbonyl (C=O) groups is 1. The van der Waals surface area contributed by atoms with Gasteiger partial charge in [-0.15, -0.1) is 0 Å². The molecule has 1 heterocycles. The normalized spacial score (nSPS) is 24.5. The van der Waals surface area contributed by atoms with E-state index in [0.717, 1.165) is 19.4 Å². The van der Waals surface area contributed by atoms with Gasteiger partial charge < -0.3 is 10.1 Å². The Morgan fingerprint density at radius 2 is 2.15 bits per heavy atom. The van der Waals surface area contributed by atoms with Crippen molar-refractivity contribution in [2.45, 2.75) is 45.1 Å². The largest absolute Gasteiger partial charge is 0.465 e. The van der Waals surface area contributed by atoms with Crippen LogP contribution in [0.1, 0.15) is 39.0 Å². The number of hydrogen-bond donors (Lipinski definition) is 1. The first kappa shape index (κ1) is 10.5. The molecule has 1 saturated heterocycles. The van der Waals surface area contributed by atoms with Gasteiger partial charge in [-0.25, -0.2) is 0 Å². The Hall–Kier alpha value is -0.570. The second-order valence-corrected chi connectivity index (χ2v) is 3.46. The monoisotopic (exact) mass is 185 g/mol. The van der Waals surface area contributed by atoms with Crippen molar-refractivity contribution in [3.8, 4) is 0 Å². The molecule has 3 heteroatoms. The molecule has 0 aliphatic carbocycles. The van der Waals surface area contributed by atoms with Crippen molar-refractivity contribution in [2.75, 3.05) is 13.2 Å². The fourth-order valence-electron chi connectivity index (χ4n) is 1.65. The van der Waals surface area contributed by atoms with Gasteiger partial charge in [0.2, 0.25) is 0 Å². The molecule has 1 unspecified atom stereocenters. The van der Waals surface area contributed by atoms with Crippen molar-refractivity contribution in [2.24, 2.45) is 0 Å². The third kappa shape index (κ3) is 3.77. The van der Waals surface area contributed by atoms with Crippen molar-refractivity contribution in [3.63, 3.8) is 0 Å². The van der Waals surface area contributed by atoms with Crippen LogP contribution in [0.4, 0.5) is 0 Å². The number of hydrogen-bond acceptors (Lipinski definition) is 3. The van der Waals surface area contributed by atoms with Crippen LogP contribution in [0, 0.1) is 0 Å². The van der Waals surface area contributed by atoms with Crippen LogP contribution in [-0.2, 0) is 9.53 Å². The smallest absolute Gasteiger partial charge is 0.323 e. The summed E-state index contributed by atoms with van der Waals surface area (Å²) in [6, 6.07) is -0.0553. The summed E-state index contributed by atoms with van der Waals surface area (Å²) in [5.74, 6) is -0.0793. The molecule has 3 nitrogen and oxygen atoms in total. The molecule has 0 aromatic heterocycles. The van der Waals surface area contributed by atoms with Gasteiger partial charge in [0.25, 0.3) is 0 Å². The minimum Gasteiger partial charge on any atom is -0.465 e. The van der Waals surface area contributed by atoms with Gasteiger partial charge in [-0.05, 0) is 26.3 Å². The van der Waals surface area contributed by atoms with Crippen molar-refractivity contribution in [1.29, 1.82) is 0 Å². The molecule has 1 rings (SSSR count). The standard InChI is InChI=1S/C10H19NO2/c1-2-13-10(12)9-7-5-3-4-6-8-11-9/h9,11H,2-8H2,1H3. The summed E-state index contributed by atoms with van der Waals surface area (Å²) >= 11 is 0. The van der Waals surface area contributed by atoms with Crippen LogP contribution in [0.25, 0.3) is 0 Å². The number of carbonyl (C=O) groups excluding carboxylic acids is 1. The topological polar surface area (TPSA) is 38.3 Å². The molecule has 1 fully saturated rings. The average molecular weight is 185 g/mol. The van der Waals surface area contributed by atoms with Crippen LogP contribution in [0.15, 0.2) is 0 Å². The second-order valence-electron chi connectivity index (χ2n) is 3.46. The summed E-state index contributed by atoms with van der Waals surface area (Å²) in [5.41, 5.74) is 0. The van der Waals surface area contributed by atoms with Gasteiger partial charge in [-0.1, -0.05) is 19.3 Å². The molecule has 0 aromatic carbocycles. The zero-order valence-corrected chi connectivity index (χ0v) is 8.34. The van der Waals surface area contributed by atoms with Gasteiger partial charge in [0, 0.05) is 0 Å². The molecular weight excluding hydrogens is 166 g/mol. The second kappa shape index (κ2) is 5.97. The fraction of sp³-hybridized carbons (Fsp3) is 0.900. The first-order valence-corrected chi connectivity index (χ1v) is 5.24. The van der Waals surface area contributed by atoms with Crippen molar-refractivity contribution in [3.05, 3.63) is 0 Å². The Labute approximate surface area is 79.8 Å². The van der Waals surface area contributed by atoms with Gasteiger partial charge in [0.15, 0.2) is 0 Å². The zero-order chi connectivity index (χ0) is 9.52. The maximum absolute atomic E-state index is 11.4. The molecule has 0 amide bonds. The molecule has 1 aliphatic rings. The highest BCUT2D eigenvalue weighted by Crippen LogP contribution is 2.10. The number of esters is 1. The Morgan fingerprint density at radius 1 is 1.38 bits per heavy atom. The van der Waals surface area contributed by atoms with E-state index in [9.17, 15) is 4.79 Å².